The molecule has 2 aromatic carbocycles. The van der Waals surface area contributed by atoms with E-state index >= 15 is 0 Å². The van der Waals surface area contributed by atoms with Gasteiger partial charge in [-0.2, -0.15) is 0 Å². The van der Waals surface area contributed by atoms with Gasteiger partial charge in [0.2, 0.25) is 11.8 Å². The van der Waals surface area contributed by atoms with E-state index in [2.05, 4.69) is 27.7 Å². The van der Waals surface area contributed by atoms with E-state index in [-0.39, 0.29) is 36.6 Å². The fourth-order valence-corrected chi connectivity index (χ4v) is 4.00. The second-order valence-electron chi connectivity index (χ2n) is 8.64. The van der Waals surface area contributed by atoms with E-state index in [9.17, 15) is 14.4 Å². The highest BCUT2D eigenvalue weighted by atomic mass is 16.5. The van der Waals surface area contributed by atoms with Gasteiger partial charge in [-0.3, -0.25) is 14.4 Å². The van der Waals surface area contributed by atoms with Crippen LogP contribution in [0.4, 0.5) is 5.69 Å². The van der Waals surface area contributed by atoms with E-state index in [0.717, 1.165) is 18.8 Å². The first-order valence-electron chi connectivity index (χ1n) is 11.7. The summed E-state index contributed by atoms with van der Waals surface area (Å²) in [5, 5.41) is 5.61. The SMILES string of the molecule is COc1ccccc1C(=O)NC(C(=O)NCCC(=O)N1CCN(c2ccccc2)CC1)C(C)C. The quantitative estimate of drug-likeness (QED) is 0.592. The Hall–Kier alpha value is -3.55. The first kappa shape index (κ1) is 25.1. The first-order valence-corrected chi connectivity index (χ1v) is 11.7. The molecule has 1 unspecified atom stereocenters. The molecule has 0 spiro atoms. The molecule has 1 aliphatic heterocycles. The third-order valence-electron chi connectivity index (χ3n) is 5.98. The van der Waals surface area contributed by atoms with Crippen molar-refractivity contribution >= 4 is 23.4 Å². The van der Waals surface area contributed by atoms with E-state index in [1.54, 1.807) is 24.3 Å². The fraction of sp³-hybridized carbons (Fsp3) is 0.423. The van der Waals surface area contributed by atoms with E-state index in [0.29, 0.717) is 24.4 Å². The molecule has 1 atom stereocenters. The number of hydrogen-bond donors (Lipinski definition) is 2. The maximum absolute atomic E-state index is 12.8. The molecule has 1 saturated heterocycles. The molecular weight excluding hydrogens is 432 g/mol. The van der Waals surface area contributed by atoms with Crippen LogP contribution in [0.3, 0.4) is 0 Å². The van der Waals surface area contributed by atoms with Crippen molar-refractivity contribution in [1.82, 2.24) is 15.5 Å². The van der Waals surface area contributed by atoms with Crippen molar-refractivity contribution in [1.29, 1.82) is 0 Å². The number of para-hydroxylation sites is 2. The van der Waals surface area contributed by atoms with E-state index in [4.69, 9.17) is 4.74 Å². The van der Waals surface area contributed by atoms with Crippen LogP contribution in [0.5, 0.6) is 5.75 Å². The summed E-state index contributed by atoms with van der Waals surface area (Å²) in [5.41, 5.74) is 1.53. The summed E-state index contributed by atoms with van der Waals surface area (Å²) in [4.78, 5) is 42.2. The normalized spacial score (nSPS) is 14.5. The first-order chi connectivity index (χ1) is 16.4. The maximum atomic E-state index is 12.8. The molecule has 182 valence electrons. The highest BCUT2D eigenvalue weighted by molar-refractivity contribution is 5.99. The summed E-state index contributed by atoms with van der Waals surface area (Å²) in [7, 11) is 1.50. The molecule has 1 fully saturated rings. The summed E-state index contributed by atoms with van der Waals surface area (Å²) in [5.74, 6) is -0.341. The topological polar surface area (TPSA) is 91.0 Å². The van der Waals surface area contributed by atoms with Crippen molar-refractivity contribution in [2.75, 3.05) is 44.7 Å². The van der Waals surface area contributed by atoms with Crippen LogP contribution in [0.1, 0.15) is 30.6 Å². The van der Waals surface area contributed by atoms with Crippen molar-refractivity contribution in [2.24, 2.45) is 5.92 Å². The summed E-state index contributed by atoms with van der Waals surface area (Å²) >= 11 is 0. The lowest BCUT2D eigenvalue weighted by atomic mass is 10.0. The molecule has 0 saturated carbocycles. The molecule has 8 heteroatoms. The highest BCUT2D eigenvalue weighted by Crippen LogP contribution is 2.18. The lowest BCUT2D eigenvalue weighted by molar-refractivity contribution is -0.131. The molecule has 3 amide bonds. The Morgan fingerprint density at radius 2 is 1.59 bits per heavy atom. The predicted octanol–water partition coefficient (Wildman–Crippen LogP) is 2.30. The minimum Gasteiger partial charge on any atom is -0.496 e. The van der Waals surface area contributed by atoms with Crippen LogP contribution in [0, 0.1) is 5.92 Å². The summed E-state index contributed by atoms with van der Waals surface area (Å²) in [6.45, 7) is 6.84. The number of methoxy groups -OCH3 is 1. The largest absolute Gasteiger partial charge is 0.496 e. The highest BCUT2D eigenvalue weighted by Gasteiger charge is 2.26. The lowest BCUT2D eigenvalue weighted by Crippen LogP contribution is -2.51. The zero-order valence-corrected chi connectivity index (χ0v) is 20.1. The molecule has 0 aromatic heterocycles. The van der Waals surface area contributed by atoms with Gasteiger partial charge >= 0.3 is 0 Å². The van der Waals surface area contributed by atoms with Crippen molar-refractivity contribution in [3.63, 3.8) is 0 Å². The monoisotopic (exact) mass is 466 g/mol. The van der Waals surface area contributed by atoms with E-state index in [1.807, 2.05) is 36.9 Å². The van der Waals surface area contributed by atoms with Gasteiger partial charge in [-0.1, -0.05) is 44.2 Å². The Balaban J connectivity index is 1.46. The summed E-state index contributed by atoms with van der Waals surface area (Å²) in [6.07, 6.45) is 0.225. The number of nitrogens with zero attached hydrogens (tertiary/aromatic N) is 2. The van der Waals surface area contributed by atoms with Crippen LogP contribution >= 0.6 is 0 Å². The smallest absolute Gasteiger partial charge is 0.255 e. The standard InChI is InChI=1S/C26H34N4O4/c1-19(2)24(28-25(32)21-11-7-8-12-22(21)34-3)26(33)27-14-13-23(31)30-17-15-29(16-18-30)20-9-5-4-6-10-20/h4-12,19,24H,13-18H2,1-3H3,(H,27,33)(H,28,32). The number of piperazine rings is 1. The molecule has 8 nitrogen and oxygen atoms in total. The van der Waals surface area contributed by atoms with Gasteiger partial charge in [-0.15, -0.1) is 0 Å². The Morgan fingerprint density at radius 3 is 2.24 bits per heavy atom. The molecule has 0 aliphatic carbocycles. The third-order valence-corrected chi connectivity index (χ3v) is 5.98. The molecule has 34 heavy (non-hydrogen) atoms. The lowest BCUT2D eigenvalue weighted by Gasteiger charge is -2.36. The Morgan fingerprint density at radius 1 is 0.941 bits per heavy atom. The van der Waals surface area contributed by atoms with Gasteiger partial charge in [0, 0.05) is 44.8 Å². The Bertz CT molecular complexity index is 972. The number of carbonyl (C=O) groups excluding carboxylic acids is 3. The Kier molecular flexibility index (Phi) is 8.90. The average Bonchev–Trinajstić information content (AvgIpc) is 2.87. The van der Waals surface area contributed by atoms with Gasteiger partial charge in [0.05, 0.1) is 12.7 Å². The van der Waals surface area contributed by atoms with Gasteiger partial charge in [-0.05, 0) is 30.2 Å². The van der Waals surface area contributed by atoms with Gasteiger partial charge in [0.25, 0.3) is 5.91 Å². The minimum atomic E-state index is -0.720. The Labute approximate surface area is 201 Å². The molecular formula is C26H34N4O4. The molecule has 1 heterocycles. The number of ether oxygens (including phenoxy) is 1. The molecule has 2 N–H and O–H groups in total. The minimum absolute atomic E-state index is 0.0205. The van der Waals surface area contributed by atoms with Gasteiger partial charge in [0.1, 0.15) is 11.8 Å². The van der Waals surface area contributed by atoms with Gasteiger partial charge in [-0.25, -0.2) is 0 Å². The summed E-state index contributed by atoms with van der Waals surface area (Å²) < 4.78 is 5.24. The maximum Gasteiger partial charge on any atom is 0.255 e. The van der Waals surface area contributed by atoms with Crippen molar-refractivity contribution in [3.8, 4) is 5.75 Å². The number of benzene rings is 2. The number of rotatable bonds is 9. The second-order valence-corrected chi connectivity index (χ2v) is 8.64. The molecule has 0 bridgehead atoms. The number of anilines is 1. The van der Waals surface area contributed by atoms with Crippen LogP contribution < -0.4 is 20.3 Å². The van der Waals surface area contributed by atoms with Gasteiger partial charge < -0.3 is 25.2 Å². The average molecular weight is 467 g/mol. The number of nitrogens with one attached hydrogen (secondary N) is 2. The van der Waals surface area contributed by atoms with E-state index < -0.39 is 6.04 Å². The van der Waals surface area contributed by atoms with Crippen LogP contribution in [-0.4, -0.2) is 68.5 Å². The van der Waals surface area contributed by atoms with Crippen LogP contribution in [-0.2, 0) is 9.59 Å². The molecule has 3 rings (SSSR count). The number of amides is 3. The zero-order chi connectivity index (χ0) is 24.5. The zero-order valence-electron chi connectivity index (χ0n) is 20.1. The van der Waals surface area contributed by atoms with Crippen LogP contribution in [0.15, 0.2) is 54.6 Å². The van der Waals surface area contributed by atoms with Crippen LogP contribution in [0.25, 0.3) is 0 Å². The van der Waals surface area contributed by atoms with Crippen LogP contribution in [0.2, 0.25) is 0 Å². The predicted molar refractivity (Wildman–Crippen MR) is 132 cm³/mol. The van der Waals surface area contributed by atoms with Gasteiger partial charge in [0.15, 0.2) is 0 Å². The molecule has 0 radical (unpaired) electrons. The summed E-state index contributed by atoms with van der Waals surface area (Å²) in [6, 6.07) is 16.3. The molecule has 1 aliphatic rings. The number of hydrogen-bond acceptors (Lipinski definition) is 5. The molecule has 2 aromatic rings. The van der Waals surface area contributed by atoms with Crippen molar-refractivity contribution in [3.05, 3.63) is 60.2 Å². The second kappa shape index (κ2) is 12.1. The third kappa shape index (κ3) is 6.50. The van der Waals surface area contributed by atoms with Crippen molar-refractivity contribution in [2.45, 2.75) is 26.3 Å². The fourth-order valence-electron chi connectivity index (χ4n) is 4.00. The number of carbonyl (C=O) groups is 3. The van der Waals surface area contributed by atoms with Crippen molar-refractivity contribution < 1.29 is 19.1 Å². The van der Waals surface area contributed by atoms with E-state index in [1.165, 1.54) is 7.11 Å².